The number of H-pyrrole nitrogens is 1. The molecule has 20 heavy (non-hydrogen) atoms. The van der Waals surface area contributed by atoms with Gasteiger partial charge in [-0.2, -0.15) is 5.10 Å². The lowest BCUT2D eigenvalue weighted by molar-refractivity contribution is -0.142. The Kier molecular flexibility index (Phi) is 3.08. The highest BCUT2D eigenvalue weighted by Gasteiger charge is 2.27. The molecule has 2 aromatic heterocycles. The van der Waals surface area contributed by atoms with Crippen LogP contribution in [0.4, 0.5) is 0 Å². The van der Waals surface area contributed by atoms with E-state index in [0.717, 1.165) is 41.4 Å². The Hall–Kier alpha value is -2.11. The third kappa shape index (κ3) is 2.11. The minimum atomic E-state index is -0.722. The lowest BCUT2D eigenvalue weighted by atomic mass is 9.90. The number of carboxylic acids is 1. The van der Waals surface area contributed by atoms with Crippen LogP contribution in [0.5, 0.6) is 0 Å². The summed E-state index contributed by atoms with van der Waals surface area (Å²) >= 11 is 0. The smallest absolute Gasteiger partial charge is 0.306 e. The van der Waals surface area contributed by atoms with E-state index in [4.69, 9.17) is 5.11 Å². The van der Waals surface area contributed by atoms with Gasteiger partial charge in [-0.05, 0) is 25.3 Å². The molecule has 2 aromatic rings. The van der Waals surface area contributed by atoms with Crippen LogP contribution >= 0.6 is 0 Å². The maximum atomic E-state index is 11.1. The quantitative estimate of drug-likeness (QED) is 0.889. The monoisotopic (exact) mass is 274 g/mol. The maximum absolute atomic E-state index is 11.1. The van der Waals surface area contributed by atoms with Gasteiger partial charge >= 0.3 is 5.97 Å². The van der Waals surface area contributed by atoms with Crippen molar-refractivity contribution in [2.45, 2.75) is 32.6 Å². The van der Waals surface area contributed by atoms with E-state index in [1.807, 2.05) is 17.8 Å². The molecule has 3 rings (SSSR count). The number of hydrogen-bond donors (Lipinski definition) is 2. The van der Waals surface area contributed by atoms with Crippen LogP contribution in [0.2, 0.25) is 0 Å². The zero-order valence-corrected chi connectivity index (χ0v) is 11.7. The van der Waals surface area contributed by atoms with Crippen LogP contribution in [0.3, 0.4) is 0 Å². The fourth-order valence-corrected chi connectivity index (χ4v) is 2.73. The number of aromatic amines is 1. The van der Waals surface area contributed by atoms with Crippen LogP contribution < -0.4 is 0 Å². The molecular weight excluding hydrogens is 256 g/mol. The van der Waals surface area contributed by atoms with Gasteiger partial charge in [-0.1, -0.05) is 6.92 Å². The van der Waals surface area contributed by atoms with Crippen molar-refractivity contribution in [3.63, 3.8) is 0 Å². The van der Waals surface area contributed by atoms with E-state index in [1.165, 1.54) is 0 Å². The number of rotatable bonds is 3. The first-order valence-corrected chi connectivity index (χ1v) is 6.92. The van der Waals surface area contributed by atoms with E-state index < -0.39 is 5.97 Å². The van der Waals surface area contributed by atoms with Gasteiger partial charge in [-0.3, -0.25) is 9.48 Å². The summed E-state index contributed by atoms with van der Waals surface area (Å²) in [4.78, 5) is 19.0. The number of fused-ring (bicyclic) bond motifs is 1. The number of aliphatic carboxylic acids is 1. The SMILES string of the molecule is CCc1cc(-c2nc3c([nH]2)CC(C(=O)O)CC3)n(C)n1. The predicted octanol–water partition coefficient (Wildman–Crippen LogP) is 1.56. The summed E-state index contributed by atoms with van der Waals surface area (Å²) < 4.78 is 1.82. The molecule has 0 fully saturated rings. The molecule has 2 N–H and O–H groups in total. The lowest BCUT2D eigenvalue weighted by Gasteiger charge is -2.16. The van der Waals surface area contributed by atoms with E-state index >= 15 is 0 Å². The van der Waals surface area contributed by atoms with Crippen LogP contribution in [-0.2, 0) is 31.1 Å². The van der Waals surface area contributed by atoms with Crippen LogP contribution in [0.25, 0.3) is 11.5 Å². The van der Waals surface area contributed by atoms with Gasteiger partial charge in [0.15, 0.2) is 5.82 Å². The van der Waals surface area contributed by atoms with Crippen molar-refractivity contribution in [1.29, 1.82) is 0 Å². The second-order valence-corrected chi connectivity index (χ2v) is 5.29. The Balaban J connectivity index is 1.94. The van der Waals surface area contributed by atoms with Gasteiger partial charge in [0.2, 0.25) is 0 Å². The van der Waals surface area contributed by atoms with Crippen molar-refractivity contribution < 1.29 is 9.90 Å². The number of aromatic nitrogens is 4. The number of aryl methyl sites for hydroxylation is 3. The normalized spacial score (nSPS) is 18.0. The standard InChI is InChI=1S/C14H18N4O2/c1-3-9-7-12(18(2)17-9)13-15-10-5-4-8(14(19)20)6-11(10)16-13/h7-8H,3-6H2,1-2H3,(H,15,16)(H,19,20). The summed E-state index contributed by atoms with van der Waals surface area (Å²) in [5.41, 5.74) is 3.93. The van der Waals surface area contributed by atoms with Gasteiger partial charge in [0.05, 0.1) is 17.3 Å². The largest absolute Gasteiger partial charge is 0.481 e. The van der Waals surface area contributed by atoms with Crippen molar-refractivity contribution in [3.05, 3.63) is 23.1 Å². The summed E-state index contributed by atoms with van der Waals surface area (Å²) in [5.74, 6) is -0.232. The minimum Gasteiger partial charge on any atom is -0.481 e. The fraction of sp³-hybridized carbons (Fsp3) is 0.500. The molecule has 2 heterocycles. The number of nitrogens with zero attached hydrogens (tertiary/aromatic N) is 3. The first-order valence-electron chi connectivity index (χ1n) is 6.92. The van der Waals surface area contributed by atoms with Crippen molar-refractivity contribution >= 4 is 5.97 Å². The zero-order chi connectivity index (χ0) is 14.3. The zero-order valence-electron chi connectivity index (χ0n) is 11.7. The first kappa shape index (κ1) is 12.9. The van der Waals surface area contributed by atoms with E-state index in [1.54, 1.807) is 0 Å². The van der Waals surface area contributed by atoms with Crippen molar-refractivity contribution in [3.8, 4) is 11.5 Å². The summed E-state index contributed by atoms with van der Waals surface area (Å²) in [7, 11) is 1.90. The molecule has 1 unspecified atom stereocenters. The molecule has 0 amide bonds. The van der Waals surface area contributed by atoms with Crippen LogP contribution in [0, 0.1) is 5.92 Å². The van der Waals surface area contributed by atoms with Gasteiger partial charge in [0, 0.05) is 19.2 Å². The molecule has 6 heteroatoms. The first-order chi connectivity index (χ1) is 9.58. The van der Waals surface area contributed by atoms with Crippen molar-refractivity contribution in [2.24, 2.45) is 13.0 Å². The molecule has 106 valence electrons. The molecule has 1 aliphatic carbocycles. The highest BCUT2D eigenvalue weighted by molar-refractivity contribution is 5.71. The van der Waals surface area contributed by atoms with Crippen molar-refractivity contribution in [2.75, 3.05) is 0 Å². The molecule has 0 saturated carbocycles. The van der Waals surface area contributed by atoms with Crippen LogP contribution in [-0.4, -0.2) is 30.8 Å². The van der Waals surface area contributed by atoms with E-state index in [2.05, 4.69) is 22.0 Å². The average Bonchev–Trinajstić information content (AvgIpc) is 3.00. The Morgan fingerprint density at radius 1 is 1.60 bits per heavy atom. The second-order valence-electron chi connectivity index (χ2n) is 5.29. The summed E-state index contributed by atoms with van der Waals surface area (Å²) in [5, 5.41) is 13.5. The second kappa shape index (κ2) is 4.77. The highest BCUT2D eigenvalue weighted by Crippen LogP contribution is 2.27. The Morgan fingerprint density at radius 2 is 2.40 bits per heavy atom. The van der Waals surface area contributed by atoms with Crippen molar-refractivity contribution in [1.82, 2.24) is 19.7 Å². The Labute approximate surface area is 116 Å². The lowest BCUT2D eigenvalue weighted by Crippen LogP contribution is -2.22. The molecule has 0 saturated heterocycles. The minimum absolute atomic E-state index is 0.298. The number of hydrogen-bond acceptors (Lipinski definition) is 3. The van der Waals surface area contributed by atoms with Gasteiger partial charge in [-0.15, -0.1) is 0 Å². The maximum Gasteiger partial charge on any atom is 0.306 e. The summed E-state index contributed by atoms with van der Waals surface area (Å²) in [6.45, 7) is 2.07. The van der Waals surface area contributed by atoms with Gasteiger partial charge in [0.25, 0.3) is 0 Å². The average molecular weight is 274 g/mol. The van der Waals surface area contributed by atoms with Gasteiger partial charge in [0.1, 0.15) is 5.69 Å². The number of carbonyl (C=O) groups is 1. The molecule has 0 spiro atoms. The molecule has 6 nitrogen and oxygen atoms in total. The number of nitrogens with one attached hydrogen (secondary N) is 1. The molecule has 1 atom stereocenters. The highest BCUT2D eigenvalue weighted by atomic mass is 16.4. The third-order valence-corrected chi connectivity index (χ3v) is 3.93. The Bertz CT molecular complexity index is 656. The van der Waals surface area contributed by atoms with Crippen LogP contribution in [0.15, 0.2) is 6.07 Å². The number of imidazole rings is 1. The van der Waals surface area contributed by atoms with Crippen LogP contribution in [0.1, 0.15) is 30.4 Å². The Morgan fingerprint density at radius 3 is 3.05 bits per heavy atom. The molecule has 0 radical (unpaired) electrons. The molecule has 0 aromatic carbocycles. The molecule has 0 bridgehead atoms. The molecule has 1 aliphatic rings. The molecule has 0 aliphatic heterocycles. The molecular formula is C14H18N4O2. The van der Waals surface area contributed by atoms with Gasteiger partial charge in [-0.25, -0.2) is 4.98 Å². The van der Waals surface area contributed by atoms with E-state index in [-0.39, 0.29) is 5.92 Å². The van der Waals surface area contributed by atoms with Gasteiger partial charge < -0.3 is 10.1 Å². The predicted molar refractivity (Wildman–Crippen MR) is 73.3 cm³/mol. The number of carboxylic acid groups (broad SMARTS) is 1. The van der Waals surface area contributed by atoms with E-state index in [9.17, 15) is 4.79 Å². The van der Waals surface area contributed by atoms with E-state index in [0.29, 0.717) is 12.8 Å². The topological polar surface area (TPSA) is 83.8 Å². The third-order valence-electron chi connectivity index (χ3n) is 3.93. The summed E-state index contributed by atoms with van der Waals surface area (Å²) in [6.07, 6.45) is 2.81. The summed E-state index contributed by atoms with van der Waals surface area (Å²) in [6, 6.07) is 2.03. The fourth-order valence-electron chi connectivity index (χ4n) is 2.73.